The van der Waals surface area contributed by atoms with Crippen molar-refractivity contribution in [3.05, 3.63) is 33.4 Å². The standard InChI is InChI=1S/C33H38O10/c1-12(28(38)41-5)23-25-24-15(14-6-17(14)31(24,4)27(37)26(23)36)7-22-30(3)19-8-20(19)32(40,11-42-13(2)35)21(30)9-18-16(10-34)29(39)43-33(18,22)25/h14,17,19-22,25,27,34,37,40H,6-11H2,1-5H3/b23-12-/t14-,17-,19-,20+,21-,22+,25+,27+,30+,31+,32+,33+/m0/s1. The van der Waals surface area contributed by atoms with Crippen molar-refractivity contribution in [1.29, 1.82) is 0 Å². The molecule has 0 saturated heterocycles. The van der Waals surface area contributed by atoms with Gasteiger partial charge in [0.15, 0.2) is 5.78 Å². The maximum absolute atomic E-state index is 14.3. The van der Waals surface area contributed by atoms with E-state index in [0.717, 1.165) is 24.0 Å². The van der Waals surface area contributed by atoms with Crippen LogP contribution in [0.4, 0.5) is 0 Å². The van der Waals surface area contributed by atoms with E-state index in [0.29, 0.717) is 12.0 Å². The summed E-state index contributed by atoms with van der Waals surface area (Å²) in [6, 6.07) is 0. The van der Waals surface area contributed by atoms with Gasteiger partial charge in [-0.1, -0.05) is 19.4 Å². The number of ketones is 1. The Hall–Kier alpha value is -2.82. The van der Waals surface area contributed by atoms with E-state index in [9.17, 15) is 34.5 Å². The molecular weight excluding hydrogens is 556 g/mol. The molecule has 5 fully saturated rings. The van der Waals surface area contributed by atoms with E-state index >= 15 is 0 Å². The van der Waals surface area contributed by atoms with E-state index < -0.39 is 70.3 Å². The number of aliphatic hydroxyl groups is 3. The third kappa shape index (κ3) is 2.84. The first-order valence-electron chi connectivity index (χ1n) is 15.4. The zero-order valence-electron chi connectivity index (χ0n) is 25.1. The van der Waals surface area contributed by atoms with Gasteiger partial charge in [-0.15, -0.1) is 0 Å². The number of rotatable bonds is 4. The molecule has 1 aliphatic heterocycles. The zero-order valence-corrected chi connectivity index (χ0v) is 25.1. The molecule has 0 bridgehead atoms. The van der Waals surface area contributed by atoms with Crippen LogP contribution < -0.4 is 0 Å². The highest BCUT2D eigenvalue weighted by Gasteiger charge is 2.84. The number of allylic oxidation sites excluding steroid dienone is 1. The summed E-state index contributed by atoms with van der Waals surface area (Å²) in [6.07, 6.45) is 1.01. The molecule has 230 valence electrons. The average Bonchev–Trinajstić information content (AvgIpc) is 3.88. The fraction of sp³-hybridized carbons (Fsp3) is 0.697. The van der Waals surface area contributed by atoms with Crippen molar-refractivity contribution < 1.29 is 48.7 Å². The van der Waals surface area contributed by atoms with Gasteiger partial charge in [-0.25, -0.2) is 9.59 Å². The highest BCUT2D eigenvalue weighted by atomic mass is 16.6. The molecule has 1 heterocycles. The van der Waals surface area contributed by atoms with Crippen LogP contribution in [0.2, 0.25) is 0 Å². The van der Waals surface area contributed by atoms with E-state index in [1.54, 1.807) is 0 Å². The highest BCUT2D eigenvalue weighted by Crippen LogP contribution is 2.83. The van der Waals surface area contributed by atoms with Crippen LogP contribution in [-0.2, 0) is 33.4 Å². The smallest absolute Gasteiger partial charge is 0.337 e. The summed E-state index contributed by atoms with van der Waals surface area (Å²) in [7, 11) is 1.24. The van der Waals surface area contributed by atoms with Gasteiger partial charge in [0.1, 0.15) is 23.9 Å². The lowest BCUT2D eigenvalue weighted by Crippen LogP contribution is -2.67. The lowest BCUT2D eigenvalue weighted by Gasteiger charge is -2.63. The molecular formula is C33H38O10. The molecule has 0 aromatic heterocycles. The van der Waals surface area contributed by atoms with Gasteiger partial charge in [-0.3, -0.25) is 9.59 Å². The minimum Gasteiger partial charge on any atom is -0.466 e. The Morgan fingerprint density at radius 2 is 1.77 bits per heavy atom. The second kappa shape index (κ2) is 8.06. The third-order valence-corrected chi connectivity index (χ3v) is 13.6. The number of fused-ring (bicyclic) bond motifs is 7. The molecule has 10 heteroatoms. The SMILES string of the molecule is COC(=O)/C(C)=C1\C(=O)[C@@H](O)[C@@]2(C)C3=C(C[C@H]4[C@@]5(OC(=O)C(CO)=C5C[C@@H]5[C@@](O)(COC(C)=O)[C@@H]6C[C@@H]6[C@]54C)[C@@H]31)[C@@H]1C[C@@H]12. The molecule has 8 rings (SSSR count). The van der Waals surface area contributed by atoms with Crippen molar-refractivity contribution >= 4 is 23.7 Å². The monoisotopic (exact) mass is 594 g/mol. The maximum atomic E-state index is 14.3. The molecule has 0 unspecified atom stereocenters. The largest absolute Gasteiger partial charge is 0.466 e. The predicted molar refractivity (Wildman–Crippen MR) is 146 cm³/mol. The van der Waals surface area contributed by atoms with Crippen molar-refractivity contribution in [2.45, 2.75) is 70.7 Å². The number of aliphatic hydroxyl groups excluding tert-OH is 2. The van der Waals surface area contributed by atoms with Crippen LogP contribution in [0.15, 0.2) is 33.4 Å². The molecule has 12 atom stereocenters. The Bertz CT molecular complexity index is 1550. The lowest BCUT2D eigenvalue weighted by atomic mass is 9.42. The van der Waals surface area contributed by atoms with Crippen LogP contribution in [-0.4, -0.2) is 76.6 Å². The van der Waals surface area contributed by atoms with Crippen LogP contribution in [0.5, 0.6) is 0 Å². The molecule has 0 aromatic carbocycles. The number of hydrogen-bond donors (Lipinski definition) is 3. The van der Waals surface area contributed by atoms with Gasteiger partial charge in [0.25, 0.3) is 0 Å². The summed E-state index contributed by atoms with van der Waals surface area (Å²) < 4.78 is 17.0. The van der Waals surface area contributed by atoms with Crippen molar-refractivity contribution in [3.8, 4) is 0 Å². The van der Waals surface area contributed by atoms with Crippen LogP contribution in [0.3, 0.4) is 0 Å². The molecule has 0 radical (unpaired) electrons. The van der Waals surface area contributed by atoms with E-state index in [1.165, 1.54) is 21.0 Å². The van der Waals surface area contributed by atoms with E-state index in [2.05, 4.69) is 6.92 Å². The number of hydrogen-bond acceptors (Lipinski definition) is 10. The van der Waals surface area contributed by atoms with Crippen molar-refractivity contribution in [3.63, 3.8) is 0 Å². The molecule has 8 aliphatic rings. The number of ether oxygens (including phenoxy) is 3. The lowest BCUT2D eigenvalue weighted by molar-refractivity contribution is -0.191. The molecule has 1 spiro atoms. The van der Waals surface area contributed by atoms with Crippen LogP contribution in [0, 0.1) is 52.3 Å². The number of carbonyl (C=O) groups excluding carboxylic acids is 4. The summed E-state index contributed by atoms with van der Waals surface area (Å²) in [6.45, 7) is 6.18. The Morgan fingerprint density at radius 3 is 2.42 bits per heavy atom. The molecule has 0 amide bonds. The van der Waals surface area contributed by atoms with Crippen molar-refractivity contribution in [1.82, 2.24) is 0 Å². The van der Waals surface area contributed by atoms with Crippen LogP contribution >= 0.6 is 0 Å². The molecule has 3 N–H and O–H groups in total. The molecule has 10 nitrogen and oxygen atoms in total. The van der Waals surface area contributed by atoms with E-state index in [1.807, 2.05) is 6.92 Å². The quantitative estimate of drug-likeness (QED) is 0.189. The summed E-state index contributed by atoms with van der Waals surface area (Å²) in [5.74, 6) is -3.77. The van der Waals surface area contributed by atoms with Gasteiger partial charge < -0.3 is 29.5 Å². The minimum atomic E-state index is -1.38. The van der Waals surface area contributed by atoms with Crippen LogP contribution in [0.1, 0.15) is 53.4 Å². The summed E-state index contributed by atoms with van der Waals surface area (Å²) in [4.78, 5) is 52.9. The first-order chi connectivity index (χ1) is 20.2. The number of carbonyl (C=O) groups is 4. The number of esters is 3. The zero-order chi connectivity index (χ0) is 30.8. The predicted octanol–water partition coefficient (Wildman–Crippen LogP) is 1.56. The van der Waals surface area contributed by atoms with Gasteiger partial charge in [0.2, 0.25) is 0 Å². The Labute approximate surface area is 249 Å². The fourth-order valence-electron chi connectivity index (χ4n) is 11.8. The molecule has 0 aromatic rings. The third-order valence-electron chi connectivity index (χ3n) is 13.6. The Morgan fingerprint density at radius 1 is 1.05 bits per heavy atom. The van der Waals surface area contributed by atoms with Gasteiger partial charge in [0, 0.05) is 35.3 Å². The Kier molecular flexibility index (Phi) is 5.19. The van der Waals surface area contributed by atoms with Crippen molar-refractivity contribution in [2.75, 3.05) is 20.3 Å². The summed E-state index contributed by atoms with van der Waals surface area (Å²) in [5, 5.41) is 34.5. The van der Waals surface area contributed by atoms with Gasteiger partial charge in [-0.2, -0.15) is 0 Å². The normalized spacial score (nSPS) is 50.6. The number of methoxy groups -OCH3 is 1. The van der Waals surface area contributed by atoms with Gasteiger partial charge >= 0.3 is 17.9 Å². The summed E-state index contributed by atoms with van der Waals surface area (Å²) >= 11 is 0. The van der Waals surface area contributed by atoms with Crippen molar-refractivity contribution in [2.24, 2.45) is 52.3 Å². The van der Waals surface area contributed by atoms with E-state index in [4.69, 9.17) is 14.2 Å². The van der Waals surface area contributed by atoms with Gasteiger partial charge in [-0.05, 0) is 72.8 Å². The second-order valence-electron chi connectivity index (χ2n) is 14.8. The molecule has 5 saturated carbocycles. The molecule has 7 aliphatic carbocycles. The number of Topliss-reactive ketones (excluding diaryl/α,β-unsaturated/α-hetero) is 1. The Balaban J connectivity index is 1.42. The minimum absolute atomic E-state index is 0.0686. The van der Waals surface area contributed by atoms with Gasteiger partial charge in [0.05, 0.1) is 25.2 Å². The second-order valence-corrected chi connectivity index (χ2v) is 14.8. The van der Waals surface area contributed by atoms with E-state index in [-0.39, 0.29) is 59.3 Å². The maximum Gasteiger partial charge on any atom is 0.337 e. The first kappa shape index (κ1) is 27.7. The average molecular weight is 595 g/mol. The fourth-order valence-corrected chi connectivity index (χ4v) is 11.8. The summed E-state index contributed by atoms with van der Waals surface area (Å²) in [5.41, 5.74) is -1.23. The first-order valence-corrected chi connectivity index (χ1v) is 15.4. The highest BCUT2D eigenvalue weighted by molar-refractivity contribution is 6.09. The van der Waals surface area contributed by atoms with Crippen LogP contribution in [0.25, 0.3) is 0 Å². The molecule has 43 heavy (non-hydrogen) atoms. The topological polar surface area (TPSA) is 157 Å².